The summed E-state index contributed by atoms with van der Waals surface area (Å²) in [5.74, 6) is -0.485. The molecule has 1 atom stereocenters. The van der Waals surface area contributed by atoms with E-state index in [2.05, 4.69) is 34.6 Å². The second kappa shape index (κ2) is 8.86. The predicted octanol–water partition coefficient (Wildman–Crippen LogP) is 1.99. The standard InChI is InChI=1S/C21H27FN4O/c1-3-25-12-14-26(15-13-25)20-10-8-18(9-11-20)23-16(2)21(27)24-19-6-4-17(22)5-7-19/h4-11,16,23H,3,12-15H2,1-2H3,(H,24,27)/p+1/t16-/m1/s1. The maximum Gasteiger partial charge on any atom is 0.246 e. The maximum atomic E-state index is 12.9. The Morgan fingerprint density at radius 1 is 1.07 bits per heavy atom. The molecule has 0 unspecified atom stereocenters. The number of hydrogen-bond donors (Lipinski definition) is 3. The van der Waals surface area contributed by atoms with Crippen molar-refractivity contribution < 1.29 is 14.1 Å². The first-order chi connectivity index (χ1) is 13.0. The van der Waals surface area contributed by atoms with Crippen LogP contribution in [0.3, 0.4) is 0 Å². The summed E-state index contributed by atoms with van der Waals surface area (Å²) < 4.78 is 12.9. The van der Waals surface area contributed by atoms with Gasteiger partial charge in [0.15, 0.2) is 0 Å². The molecule has 3 rings (SSSR count). The number of amides is 1. The number of anilines is 3. The van der Waals surface area contributed by atoms with E-state index >= 15 is 0 Å². The van der Waals surface area contributed by atoms with Crippen molar-refractivity contribution in [2.75, 3.05) is 48.3 Å². The van der Waals surface area contributed by atoms with E-state index in [4.69, 9.17) is 0 Å². The predicted molar refractivity (Wildman–Crippen MR) is 108 cm³/mol. The van der Waals surface area contributed by atoms with Crippen LogP contribution in [-0.2, 0) is 4.79 Å². The second-order valence-corrected chi connectivity index (χ2v) is 7.00. The average Bonchev–Trinajstić information content (AvgIpc) is 2.70. The Balaban J connectivity index is 1.52. The van der Waals surface area contributed by atoms with Gasteiger partial charge in [0, 0.05) is 17.1 Å². The molecule has 0 aromatic heterocycles. The molecule has 1 amide bonds. The van der Waals surface area contributed by atoms with E-state index in [0.29, 0.717) is 5.69 Å². The van der Waals surface area contributed by atoms with Crippen molar-refractivity contribution in [2.45, 2.75) is 19.9 Å². The van der Waals surface area contributed by atoms with E-state index < -0.39 is 6.04 Å². The van der Waals surface area contributed by atoms with E-state index in [1.165, 1.54) is 37.5 Å². The fourth-order valence-electron chi connectivity index (χ4n) is 3.30. The van der Waals surface area contributed by atoms with Crippen LogP contribution in [0.4, 0.5) is 21.5 Å². The van der Waals surface area contributed by atoms with Gasteiger partial charge in [-0.25, -0.2) is 4.39 Å². The van der Waals surface area contributed by atoms with Crippen LogP contribution in [0.25, 0.3) is 0 Å². The van der Waals surface area contributed by atoms with Gasteiger partial charge in [-0.15, -0.1) is 0 Å². The smallest absolute Gasteiger partial charge is 0.246 e. The first-order valence-corrected chi connectivity index (χ1v) is 9.56. The minimum atomic E-state index is -0.405. The number of halogens is 1. The molecule has 2 aromatic carbocycles. The van der Waals surface area contributed by atoms with E-state index in [0.717, 1.165) is 18.8 Å². The van der Waals surface area contributed by atoms with E-state index in [1.54, 1.807) is 24.0 Å². The highest BCUT2D eigenvalue weighted by molar-refractivity contribution is 5.96. The second-order valence-electron chi connectivity index (χ2n) is 7.00. The first kappa shape index (κ1) is 19.2. The van der Waals surface area contributed by atoms with Gasteiger partial charge in [0.2, 0.25) is 5.91 Å². The summed E-state index contributed by atoms with van der Waals surface area (Å²) in [5.41, 5.74) is 2.70. The highest BCUT2D eigenvalue weighted by Gasteiger charge is 2.19. The third kappa shape index (κ3) is 5.20. The van der Waals surface area contributed by atoms with Gasteiger partial charge >= 0.3 is 0 Å². The van der Waals surface area contributed by atoms with E-state index in [-0.39, 0.29) is 11.7 Å². The highest BCUT2D eigenvalue weighted by Crippen LogP contribution is 2.19. The third-order valence-corrected chi connectivity index (χ3v) is 5.09. The maximum absolute atomic E-state index is 12.9. The molecule has 0 radical (unpaired) electrons. The Hall–Kier alpha value is -2.60. The van der Waals surface area contributed by atoms with Crippen LogP contribution in [0.2, 0.25) is 0 Å². The molecule has 5 nitrogen and oxygen atoms in total. The largest absolute Gasteiger partial charge is 0.374 e. The summed E-state index contributed by atoms with van der Waals surface area (Å²) in [4.78, 5) is 16.4. The fourth-order valence-corrected chi connectivity index (χ4v) is 3.30. The summed E-state index contributed by atoms with van der Waals surface area (Å²) in [6.45, 7) is 9.74. The Bertz CT molecular complexity index is 740. The Morgan fingerprint density at radius 2 is 1.67 bits per heavy atom. The molecule has 1 fully saturated rings. The number of nitrogens with one attached hydrogen (secondary N) is 3. The quantitative estimate of drug-likeness (QED) is 0.728. The molecule has 144 valence electrons. The third-order valence-electron chi connectivity index (χ3n) is 5.09. The number of rotatable bonds is 6. The van der Waals surface area contributed by atoms with Gasteiger partial charge in [0.05, 0.1) is 32.7 Å². The monoisotopic (exact) mass is 371 g/mol. The molecule has 6 heteroatoms. The molecule has 0 spiro atoms. The topological polar surface area (TPSA) is 48.8 Å². The number of benzene rings is 2. The number of likely N-dealkylation sites (N-methyl/N-ethyl adjacent to an activating group) is 1. The van der Waals surface area contributed by atoms with Crippen molar-refractivity contribution in [3.8, 4) is 0 Å². The molecule has 0 bridgehead atoms. The van der Waals surface area contributed by atoms with Crippen LogP contribution in [0.15, 0.2) is 48.5 Å². The molecule has 0 aliphatic carbocycles. The molecule has 1 heterocycles. The van der Waals surface area contributed by atoms with Crippen molar-refractivity contribution in [1.82, 2.24) is 0 Å². The summed E-state index contributed by atoms with van der Waals surface area (Å²) in [5, 5.41) is 5.99. The normalized spacial score (nSPS) is 16.0. The summed E-state index contributed by atoms with van der Waals surface area (Å²) >= 11 is 0. The van der Waals surface area contributed by atoms with Crippen molar-refractivity contribution in [1.29, 1.82) is 0 Å². The van der Waals surface area contributed by atoms with Gasteiger partial charge in [-0.05, 0) is 62.4 Å². The zero-order chi connectivity index (χ0) is 19.2. The lowest BCUT2D eigenvalue weighted by atomic mass is 10.2. The van der Waals surface area contributed by atoms with Crippen molar-refractivity contribution in [3.63, 3.8) is 0 Å². The van der Waals surface area contributed by atoms with Crippen molar-refractivity contribution in [3.05, 3.63) is 54.3 Å². The van der Waals surface area contributed by atoms with E-state index in [1.807, 2.05) is 12.1 Å². The van der Waals surface area contributed by atoms with Gasteiger partial charge in [0.1, 0.15) is 11.9 Å². The lowest BCUT2D eigenvalue weighted by Crippen LogP contribution is -3.14. The lowest BCUT2D eigenvalue weighted by Gasteiger charge is -2.33. The molecular formula is C21H28FN4O+. The van der Waals surface area contributed by atoms with Gasteiger partial charge in [0.25, 0.3) is 0 Å². The molecule has 1 saturated heterocycles. The van der Waals surface area contributed by atoms with Crippen LogP contribution < -0.4 is 20.4 Å². The van der Waals surface area contributed by atoms with Gasteiger partial charge < -0.3 is 20.4 Å². The number of nitrogens with zero attached hydrogens (tertiary/aromatic N) is 1. The molecule has 3 N–H and O–H groups in total. The average molecular weight is 371 g/mol. The van der Waals surface area contributed by atoms with Gasteiger partial charge in [-0.3, -0.25) is 4.79 Å². The number of piperazine rings is 1. The SMILES string of the molecule is CC[NH+]1CCN(c2ccc(N[C@H](C)C(=O)Nc3ccc(F)cc3)cc2)CC1. The molecule has 2 aromatic rings. The van der Waals surface area contributed by atoms with Crippen molar-refractivity contribution in [2.24, 2.45) is 0 Å². The van der Waals surface area contributed by atoms with Crippen LogP contribution in [0, 0.1) is 5.82 Å². The molecule has 1 aliphatic rings. The number of carbonyl (C=O) groups excluding carboxylic acids is 1. The van der Waals surface area contributed by atoms with Crippen molar-refractivity contribution >= 4 is 23.0 Å². The molecular weight excluding hydrogens is 343 g/mol. The van der Waals surface area contributed by atoms with Gasteiger partial charge in [-0.2, -0.15) is 0 Å². The Morgan fingerprint density at radius 3 is 2.26 bits per heavy atom. The van der Waals surface area contributed by atoms with Crippen LogP contribution in [-0.4, -0.2) is 44.7 Å². The summed E-state index contributed by atoms with van der Waals surface area (Å²) in [7, 11) is 0. The Kier molecular flexibility index (Phi) is 6.29. The minimum absolute atomic E-state index is 0.163. The van der Waals surface area contributed by atoms with Gasteiger partial charge in [-0.1, -0.05) is 0 Å². The first-order valence-electron chi connectivity index (χ1n) is 9.56. The molecule has 0 saturated carbocycles. The fraction of sp³-hybridized carbons (Fsp3) is 0.381. The summed E-state index contributed by atoms with van der Waals surface area (Å²) in [6, 6.07) is 13.6. The zero-order valence-corrected chi connectivity index (χ0v) is 16.0. The van der Waals surface area contributed by atoms with E-state index in [9.17, 15) is 9.18 Å². The highest BCUT2D eigenvalue weighted by atomic mass is 19.1. The minimum Gasteiger partial charge on any atom is -0.374 e. The zero-order valence-electron chi connectivity index (χ0n) is 16.0. The Labute approximate surface area is 160 Å². The number of carbonyl (C=O) groups is 1. The lowest BCUT2D eigenvalue weighted by molar-refractivity contribution is -0.898. The summed E-state index contributed by atoms with van der Waals surface area (Å²) in [6.07, 6.45) is 0. The molecule has 27 heavy (non-hydrogen) atoms. The molecule has 1 aliphatic heterocycles. The van der Waals surface area contributed by atoms with Crippen LogP contribution in [0.1, 0.15) is 13.8 Å². The number of hydrogen-bond acceptors (Lipinski definition) is 3. The van der Waals surface area contributed by atoms with Crippen LogP contribution >= 0.6 is 0 Å². The number of quaternary nitrogens is 1. The van der Waals surface area contributed by atoms with Crippen LogP contribution in [0.5, 0.6) is 0 Å².